The molecule has 1 saturated heterocycles. The molecule has 0 spiro atoms. The number of ether oxygens (including phenoxy) is 2. The van der Waals surface area contributed by atoms with E-state index in [1.165, 1.54) is 11.1 Å². The summed E-state index contributed by atoms with van der Waals surface area (Å²) in [5.74, 6) is 0.972. The summed E-state index contributed by atoms with van der Waals surface area (Å²) in [4.78, 5) is 15.3. The van der Waals surface area contributed by atoms with Crippen LogP contribution in [0.4, 0.5) is 0 Å². The number of aryl methyl sites for hydroxylation is 1. The van der Waals surface area contributed by atoms with Gasteiger partial charge in [0.2, 0.25) is 5.91 Å². The maximum absolute atomic E-state index is 13.1. The van der Waals surface area contributed by atoms with Crippen LogP contribution >= 0.6 is 0 Å². The van der Waals surface area contributed by atoms with Crippen molar-refractivity contribution in [2.45, 2.75) is 64.6 Å². The number of nitrogens with zero attached hydrogens (tertiary/aromatic N) is 1. The summed E-state index contributed by atoms with van der Waals surface area (Å²) in [7, 11) is 0. The second-order valence-electron chi connectivity index (χ2n) is 8.10. The van der Waals surface area contributed by atoms with Crippen molar-refractivity contribution in [3.8, 4) is 5.75 Å². The SMILES string of the molecule is CC(C)Oc1ccc2c(c1)[C@H](NC(=O)C(C)(C)N1CCOCC1)CCC2. The average molecular weight is 360 g/mol. The van der Waals surface area contributed by atoms with Gasteiger partial charge < -0.3 is 14.8 Å². The summed E-state index contributed by atoms with van der Waals surface area (Å²) in [6.45, 7) is 11.1. The molecule has 1 heterocycles. The highest BCUT2D eigenvalue weighted by molar-refractivity contribution is 5.85. The Morgan fingerprint density at radius 2 is 2.04 bits per heavy atom. The van der Waals surface area contributed by atoms with Crippen molar-refractivity contribution in [3.05, 3.63) is 29.3 Å². The van der Waals surface area contributed by atoms with Crippen LogP contribution in [-0.2, 0) is 16.0 Å². The number of carbonyl (C=O) groups excluding carboxylic acids is 1. The molecule has 5 heteroatoms. The van der Waals surface area contributed by atoms with E-state index in [-0.39, 0.29) is 18.1 Å². The van der Waals surface area contributed by atoms with E-state index < -0.39 is 5.54 Å². The van der Waals surface area contributed by atoms with Crippen LogP contribution < -0.4 is 10.1 Å². The molecule has 1 aliphatic heterocycles. The van der Waals surface area contributed by atoms with Gasteiger partial charge in [-0.2, -0.15) is 0 Å². The number of fused-ring (bicyclic) bond motifs is 1. The van der Waals surface area contributed by atoms with E-state index in [2.05, 4.69) is 22.3 Å². The van der Waals surface area contributed by atoms with E-state index in [1.54, 1.807) is 0 Å². The van der Waals surface area contributed by atoms with E-state index in [4.69, 9.17) is 9.47 Å². The smallest absolute Gasteiger partial charge is 0.240 e. The summed E-state index contributed by atoms with van der Waals surface area (Å²) >= 11 is 0. The summed E-state index contributed by atoms with van der Waals surface area (Å²) in [6.07, 6.45) is 3.28. The number of nitrogens with one attached hydrogen (secondary N) is 1. The lowest BCUT2D eigenvalue weighted by atomic mass is 9.86. The predicted molar refractivity (Wildman–Crippen MR) is 102 cm³/mol. The van der Waals surface area contributed by atoms with Crippen molar-refractivity contribution in [3.63, 3.8) is 0 Å². The van der Waals surface area contributed by atoms with Crippen molar-refractivity contribution in [1.29, 1.82) is 0 Å². The van der Waals surface area contributed by atoms with Gasteiger partial charge in [0.25, 0.3) is 0 Å². The van der Waals surface area contributed by atoms with Gasteiger partial charge in [-0.15, -0.1) is 0 Å². The highest BCUT2D eigenvalue weighted by Gasteiger charge is 2.37. The normalized spacial score (nSPS) is 21.3. The Morgan fingerprint density at radius 3 is 2.73 bits per heavy atom. The number of hydrogen-bond acceptors (Lipinski definition) is 4. The van der Waals surface area contributed by atoms with Gasteiger partial charge in [0.15, 0.2) is 0 Å². The van der Waals surface area contributed by atoms with Crippen molar-refractivity contribution in [2.24, 2.45) is 0 Å². The Labute approximate surface area is 157 Å². The lowest BCUT2D eigenvalue weighted by molar-refractivity contribution is -0.135. The summed E-state index contributed by atoms with van der Waals surface area (Å²) in [5.41, 5.74) is 2.00. The largest absolute Gasteiger partial charge is 0.491 e. The molecule has 1 aliphatic carbocycles. The average Bonchev–Trinajstić information content (AvgIpc) is 2.62. The second-order valence-corrected chi connectivity index (χ2v) is 8.10. The molecular formula is C21H32N2O3. The second kappa shape index (κ2) is 7.97. The third-order valence-corrected chi connectivity index (χ3v) is 5.47. The van der Waals surface area contributed by atoms with E-state index in [9.17, 15) is 4.79 Å². The first-order valence-electron chi connectivity index (χ1n) is 9.81. The Kier molecular flexibility index (Phi) is 5.88. The minimum Gasteiger partial charge on any atom is -0.491 e. The van der Waals surface area contributed by atoms with Crippen LogP contribution in [0.1, 0.15) is 57.7 Å². The molecule has 1 atom stereocenters. The highest BCUT2D eigenvalue weighted by atomic mass is 16.5. The van der Waals surface area contributed by atoms with E-state index in [0.717, 1.165) is 38.1 Å². The van der Waals surface area contributed by atoms with Crippen LogP contribution in [-0.4, -0.2) is 48.8 Å². The number of morpholine rings is 1. The van der Waals surface area contributed by atoms with Crippen molar-refractivity contribution in [2.75, 3.05) is 26.3 Å². The molecule has 0 saturated carbocycles. The van der Waals surface area contributed by atoms with Gasteiger partial charge in [0.1, 0.15) is 5.75 Å². The highest BCUT2D eigenvalue weighted by Crippen LogP contribution is 2.33. The molecule has 0 radical (unpaired) electrons. The van der Waals surface area contributed by atoms with Gasteiger partial charge in [-0.25, -0.2) is 0 Å². The van der Waals surface area contributed by atoms with Gasteiger partial charge in [0, 0.05) is 13.1 Å². The van der Waals surface area contributed by atoms with E-state index in [1.807, 2.05) is 33.8 Å². The number of rotatable bonds is 5. The first-order valence-corrected chi connectivity index (χ1v) is 9.81. The van der Waals surface area contributed by atoms with Gasteiger partial charge in [-0.05, 0) is 70.2 Å². The quantitative estimate of drug-likeness (QED) is 0.877. The number of hydrogen-bond donors (Lipinski definition) is 1. The molecule has 26 heavy (non-hydrogen) atoms. The number of carbonyl (C=O) groups is 1. The molecule has 1 aromatic rings. The van der Waals surface area contributed by atoms with E-state index in [0.29, 0.717) is 13.2 Å². The topological polar surface area (TPSA) is 50.8 Å². The molecule has 0 unspecified atom stereocenters. The van der Waals surface area contributed by atoms with Gasteiger partial charge in [-0.3, -0.25) is 9.69 Å². The Bertz CT molecular complexity index is 636. The lowest BCUT2D eigenvalue weighted by Crippen LogP contribution is -2.58. The maximum atomic E-state index is 13.1. The standard InChI is InChI=1S/C21H32N2O3/c1-15(2)26-17-9-8-16-6-5-7-19(18(16)14-17)22-20(24)21(3,4)23-10-12-25-13-11-23/h8-9,14-15,19H,5-7,10-13H2,1-4H3,(H,22,24)/t19-/m1/s1. The van der Waals surface area contributed by atoms with Crippen molar-refractivity contribution >= 4 is 5.91 Å². The van der Waals surface area contributed by atoms with Crippen molar-refractivity contribution < 1.29 is 14.3 Å². The van der Waals surface area contributed by atoms with Gasteiger partial charge in [-0.1, -0.05) is 6.07 Å². The monoisotopic (exact) mass is 360 g/mol. The first-order chi connectivity index (χ1) is 12.4. The zero-order chi connectivity index (χ0) is 18.7. The summed E-state index contributed by atoms with van der Waals surface area (Å²) in [6, 6.07) is 6.36. The van der Waals surface area contributed by atoms with Crippen LogP contribution in [0.2, 0.25) is 0 Å². The van der Waals surface area contributed by atoms with Crippen LogP contribution in [0.3, 0.4) is 0 Å². The maximum Gasteiger partial charge on any atom is 0.240 e. The molecule has 1 fully saturated rings. The fourth-order valence-corrected chi connectivity index (χ4v) is 3.87. The lowest BCUT2D eigenvalue weighted by Gasteiger charge is -2.40. The fourth-order valence-electron chi connectivity index (χ4n) is 3.87. The molecule has 0 aromatic heterocycles. The van der Waals surface area contributed by atoms with Crippen LogP contribution in [0, 0.1) is 0 Å². The van der Waals surface area contributed by atoms with Crippen LogP contribution in [0.25, 0.3) is 0 Å². The first kappa shape index (κ1) is 19.2. The minimum atomic E-state index is -0.534. The molecule has 0 bridgehead atoms. The van der Waals surface area contributed by atoms with Crippen molar-refractivity contribution in [1.82, 2.24) is 10.2 Å². The summed E-state index contributed by atoms with van der Waals surface area (Å²) < 4.78 is 11.3. The Balaban J connectivity index is 1.75. The zero-order valence-corrected chi connectivity index (χ0v) is 16.5. The van der Waals surface area contributed by atoms with Gasteiger partial charge >= 0.3 is 0 Å². The molecule has 2 aliphatic rings. The summed E-state index contributed by atoms with van der Waals surface area (Å²) in [5, 5.41) is 3.32. The third kappa shape index (κ3) is 4.21. The van der Waals surface area contributed by atoms with Gasteiger partial charge in [0.05, 0.1) is 30.9 Å². The molecular weight excluding hydrogens is 328 g/mol. The van der Waals surface area contributed by atoms with E-state index >= 15 is 0 Å². The molecule has 144 valence electrons. The predicted octanol–water partition coefficient (Wildman–Crippen LogP) is 3.08. The number of amides is 1. The third-order valence-electron chi connectivity index (χ3n) is 5.47. The number of benzene rings is 1. The molecule has 1 amide bonds. The Hall–Kier alpha value is -1.59. The molecule has 3 rings (SSSR count). The molecule has 1 aromatic carbocycles. The fraction of sp³-hybridized carbons (Fsp3) is 0.667. The zero-order valence-electron chi connectivity index (χ0n) is 16.5. The van der Waals surface area contributed by atoms with Crippen LogP contribution in [0.5, 0.6) is 5.75 Å². The molecule has 5 nitrogen and oxygen atoms in total. The van der Waals surface area contributed by atoms with Crippen LogP contribution in [0.15, 0.2) is 18.2 Å². The Morgan fingerprint density at radius 1 is 1.31 bits per heavy atom. The molecule has 1 N–H and O–H groups in total. The minimum absolute atomic E-state index is 0.0577.